The molecule has 4 heteroatoms. The van der Waals surface area contributed by atoms with Crippen molar-refractivity contribution in [2.45, 2.75) is 19.9 Å². The van der Waals surface area contributed by atoms with Crippen LogP contribution < -0.4 is 5.32 Å². The van der Waals surface area contributed by atoms with Crippen LogP contribution in [0.1, 0.15) is 24.2 Å². The Labute approximate surface area is 129 Å². The van der Waals surface area contributed by atoms with Crippen molar-refractivity contribution < 1.29 is 0 Å². The summed E-state index contributed by atoms with van der Waals surface area (Å²) in [6, 6.07) is 14.9. The number of benzene rings is 2. The number of fused-ring (bicyclic) bond motifs is 1. The number of aryl methyl sites for hydroxylation is 1. The van der Waals surface area contributed by atoms with E-state index in [0.29, 0.717) is 10.8 Å². The summed E-state index contributed by atoms with van der Waals surface area (Å²) in [6.45, 7) is 3.97. The molecule has 1 N–H and O–H groups in total. The van der Waals surface area contributed by atoms with Crippen LogP contribution in [0.15, 0.2) is 48.8 Å². The number of nitrogens with zero attached hydrogens (tertiary/aromatic N) is 2. The smallest absolute Gasteiger partial charge is 0.148 e. The van der Waals surface area contributed by atoms with Gasteiger partial charge in [-0.05, 0) is 36.2 Å². The fourth-order valence-electron chi connectivity index (χ4n) is 2.32. The first-order chi connectivity index (χ1) is 10.1. The van der Waals surface area contributed by atoms with Crippen molar-refractivity contribution in [3.05, 3.63) is 65.1 Å². The molecule has 3 rings (SSSR count). The summed E-state index contributed by atoms with van der Waals surface area (Å²) in [4.78, 5) is 8.29. The highest BCUT2D eigenvalue weighted by Gasteiger charge is 2.11. The molecule has 0 saturated carbocycles. The second-order valence-electron chi connectivity index (χ2n) is 5.09. The Morgan fingerprint density at radius 3 is 2.62 bits per heavy atom. The van der Waals surface area contributed by atoms with E-state index in [1.165, 1.54) is 22.7 Å². The van der Waals surface area contributed by atoms with Crippen LogP contribution in [0.5, 0.6) is 0 Å². The van der Waals surface area contributed by atoms with Gasteiger partial charge in [-0.2, -0.15) is 0 Å². The summed E-state index contributed by atoms with van der Waals surface area (Å²) in [6.07, 6.45) is 1.52. The van der Waals surface area contributed by atoms with E-state index in [4.69, 9.17) is 11.6 Å². The molecule has 0 aliphatic heterocycles. The zero-order chi connectivity index (χ0) is 14.8. The van der Waals surface area contributed by atoms with Crippen LogP contribution in [0, 0.1) is 6.92 Å². The number of nitrogens with one attached hydrogen (secondary N) is 1. The first-order valence-electron chi connectivity index (χ1n) is 6.87. The van der Waals surface area contributed by atoms with Crippen molar-refractivity contribution in [3.8, 4) is 0 Å². The van der Waals surface area contributed by atoms with Crippen molar-refractivity contribution in [2.75, 3.05) is 5.32 Å². The van der Waals surface area contributed by atoms with Gasteiger partial charge in [-0.25, -0.2) is 9.97 Å². The van der Waals surface area contributed by atoms with Crippen LogP contribution in [0.2, 0.25) is 5.02 Å². The third-order valence-electron chi connectivity index (χ3n) is 3.59. The molecule has 2 aromatic carbocycles. The molecule has 0 spiro atoms. The number of halogens is 1. The summed E-state index contributed by atoms with van der Waals surface area (Å²) >= 11 is 6.23. The van der Waals surface area contributed by atoms with Gasteiger partial charge in [0.1, 0.15) is 17.2 Å². The van der Waals surface area contributed by atoms with Crippen LogP contribution in [-0.2, 0) is 0 Å². The number of rotatable bonds is 3. The van der Waals surface area contributed by atoms with E-state index in [1.807, 2.05) is 13.0 Å². The second-order valence-corrected chi connectivity index (χ2v) is 5.47. The highest BCUT2D eigenvalue weighted by molar-refractivity contribution is 6.33. The Kier molecular flexibility index (Phi) is 3.76. The molecule has 0 aliphatic carbocycles. The maximum atomic E-state index is 6.23. The van der Waals surface area contributed by atoms with Crippen LogP contribution >= 0.6 is 11.6 Å². The van der Waals surface area contributed by atoms with Gasteiger partial charge >= 0.3 is 0 Å². The van der Waals surface area contributed by atoms with Gasteiger partial charge in [0.2, 0.25) is 0 Å². The SMILES string of the molecule is Cc1ncnc(NC(C)c2ccc3ccccc3c2)c1Cl. The topological polar surface area (TPSA) is 37.8 Å². The Morgan fingerprint density at radius 2 is 1.81 bits per heavy atom. The van der Waals surface area contributed by atoms with Crippen LogP contribution in [0.3, 0.4) is 0 Å². The van der Waals surface area contributed by atoms with Gasteiger partial charge in [0, 0.05) is 0 Å². The molecule has 0 amide bonds. The summed E-state index contributed by atoms with van der Waals surface area (Å²) in [7, 11) is 0. The molecule has 106 valence electrons. The highest BCUT2D eigenvalue weighted by Crippen LogP contribution is 2.27. The predicted molar refractivity (Wildman–Crippen MR) is 87.8 cm³/mol. The molecular weight excluding hydrogens is 282 g/mol. The molecule has 1 aromatic heterocycles. The van der Waals surface area contributed by atoms with Crippen molar-refractivity contribution in [3.63, 3.8) is 0 Å². The van der Waals surface area contributed by atoms with Gasteiger partial charge in [0.25, 0.3) is 0 Å². The predicted octanol–water partition coefficient (Wildman–Crippen LogP) is 4.76. The van der Waals surface area contributed by atoms with Gasteiger partial charge < -0.3 is 5.32 Å². The number of aromatic nitrogens is 2. The van der Waals surface area contributed by atoms with Crippen molar-refractivity contribution in [2.24, 2.45) is 0 Å². The molecule has 0 aliphatic rings. The fraction of sp³-hybridized carbons (Fsp3) is 0.176. The van der Waals surface area contributed by atoms with Crippen LogP contribution in [0.25, 0.3) is 10.8 Å². The minimum absolute atomic E-state index is 0.112. The van der Waals surface area contributed by atoms with E-state index in [-0.39, 0.29) is 6.04 Å². The molecule has 1 unspecified atom stereocenters. The Bertz CT molecular complexity index is 786. The summed E-state index contributed by atoms with van der Waals surface area (Å²) in [5, 5.41) is 6.39. The summed E-state index contributed by atoms with van der Waals surface area (Å²) < 4.78 is 0. The number of hydrogen-bond donors (Lipinski definition) is 1. The third kappa shape index (κ3) is 2.83. The highest BCUT2D eigenvalue weighted by atomic mass is 35.5. The van der Waals surface area contributed by atoms with E-state index in [1.54, 1.807) is 0 Å². The fourth-order valence-corrected chi connectivity index (χ4v) is 2.48. The van der Waals surface area contributed by atoms with Gasteiger partial charge in [0.15, 0.2) is 0 Å². The van der Waals surface area contributed by atoms with Crippen LogP contribution in [0.4, 0.5) is 5.82 Å². The van der Waals surface area contributed by atoms with Crippen molar-refractivity contribution in [1.82, 2.24) is 9.97 Å². The lowest BCUT2D eigenvalue weighted by atomic mass is 10.0. The zero-order valence-corrected chi connectivity index (χ0v) is 12.7. The van der Waals surface area contributed by atoms with Crippen molar-refractivity contribution in [1.29, 1.82) is 0 Å². The second kappa shape index (κ2) is 5.70. The lowest BCUT2D eigenvalue weighted by molar-refractivity contribution is 0.872. The minimum atomic E-state index is 0.112. The minimum Gasteiger partial charge on any atom is -0.362 e. The Hall–Kier alpha value is -2.13. The molecule has 3 nitrogen and oxygen atoms in total. The van der Waals surface area contributed by atoms with Crippen molar-refractivity contribution >= 4 is 28.2 Å². The summed E-state index contributed by atoms with van der Waals surface area (Å²) in [5.74, 6) is 0.671. The molecule has 0 radical (unpaired) electrons. The molecule has 21 heavy (non-hydrogen) atoms. The normalized spacial score (nSPS) is 12.3. The standard InChI is InChI=1S/C17H16ClN3/c1-11(21-17-16(18)12(2)19-10-20-17)14-8-7-13-5-3-4-6-15(13)9-14/h3-11H,1-2H3,(H,19,20,21). The van der Waals surface area contributed by atoms with Gasteiger partial charge in [-0.1, -0.05) is 48.0 Å². The number of hydrogen-bond acceptors (Lipinski definition) is 3. The summed E-state index contributed by atoms with van der Waals surface area (Å²) in [5.41, 5.74) is 1.97. The first-order valence-corrected chi connectivity index (χ1v) is 7.25. The maximum absolute atomic E-state index is 6.23. The average Bonchev–Trinajstić information content (AvgIpc) is 2.51. The maximum Gasteiger partial charge on any atom is 0.148 e. The first kappa shape index (κ1) is 13.8. The molecule has 3 aromatic rings. The van der Waals surface area contributed by atoms with E-state index >= 15 is 0 Å². The van der Waals surface area contributed by atoms with Gasteiger partial charge in [0.05, 0.1) is 11.7 Å². The molecule has 0 saturated heterocycles. The average molecular weight is 298 g/mol. The lowest BCUT2D eigenvalue weighted by Crippen LogP contribution is -2.09. The van der Waals surface area contributed by atoms with E-state index in [9.17, 15) is 0 Å². The largest absolute Gasteiger partial charge is 0.362 e. The monoisotopic (exact) mass is 297 g/mol. The molecule has 1 atom stereocenters. The van der Waals surface area contributed by atoms with E-state index in [0.717, 1.165) is 5.69 Å². The van der Waals surface area contributed by atoms with Gasteiger partial charge in [-0.15, -0.1) is 0 Å². The van der Waals surface area contributed by atoms with Crippen LogP contribution in [-0.4, -0.2) is 9.97 Å². The zero-order valence-electron chi connectivity index (χ0n) is 12.0. The molecule has 0 bridgehead atoms. The molecular formula is C17H16ClN3. The van der Waals surface area contributed by atoms with E-state index in [2.05, 4.69) is 58.6 Å². The Morgan fingerprint density at radius 1 is 1.05 bits per heavy atom. The Balaban J connectivity index is 1.89. The van der Waals surface area contributed by atoms with Gasteiger partial charge in [-0.3, -0.25) is 0 Å². The molecule has 1 heterocycles. The van der Waals surface area contributed by atoms with E-state index < -0.39 is 0 Å². The number of anilines is 1. The lowest BCUT2D eigenvalue weighted by Gasteiger charge is -2.16. The molecule has 0 fully saturated rings. The quantitative estimate of drug-likeness (QED) is 0.757. The third-order valence-corrected chi connectivity index (χ3v) is 4.04.